The third-order valence-electron chi connectivity index (χ3n) is 3.39. The minimum atomic E-state index is -1.30. The summed E-state index contributed by atoms with van der Waals surface area (Å²) in [5, 5.41) is 6.89. The zero-order valence-corrected chi connectivity index (χ0v) is 14.3. The molecule has 1 heterocycles. The molecule has 1 saturated heterocycles. The van der Waals surface area contributed by atoms with Crippen molar-refractivity contribution in [2.24, 2.45) is 0 Å². The van der Waals surface area contributed by atoms with Crippen molar-refractivity contribution in [3.63, 3.8) is 0 Å². The lowest BCUT2D eigenvalue weighted by molar-refractivity contribution is -0.148. The van der Waals surface area contributed by atoms with Gasteiger partial charge in [0, 0.05) is 5.56 Å². The van der Waals surface area contributed by atoms with E-state index >= 15 is 0 Å². The van der Waals surface area contributed by atoms with Crippen molar-refractivity contribution < 1.29 is 28.6 Å². The fraction of sp³-hybridized carbons (Fsp3) is 0.357. The van der Waals surface area contributed by atoms with E-state index in [9.17, 15) is 23.9 Å². The first-order chi connectivity index (χ1) is 10.9. The summed E-state index contributed by atoms with van der Waals surface area (Å²) in [4.78, 5) is 36.7. The number of carbonyl (C=O) groups excluding carboxylic acids is 2. The molecular formula is C14H13BrFNO5S. The van der Waals surface area contributed by atoms with Crippen molar-refractivity contribution in [3.8, 4) is 0 Å². The monoisotopic (exact) mass is 405 g/mol. The van der Waals surface area contributed by atoms with Crippen molar-refractivity contribution >= 4 is 45.5 Å². The van der Waals surface area contributed by atoms with Crippen molar-refractivity contribution in [2.45, 2.75) is 16.7 Å². The highest BCUT2D eigenvalue weighted by Crippen LogP contribution is 2.46. The quantitative estimate of drug-likeness (QED) is 0.607. The van der Waals surface area contributed by atoms with Gasteiger partial charge in [0.2, 0.25) is 5.91 Å². The maximum absolute atomic E-state index is 14.2. The number of hydrogen-bond acceptors (Lipinski definition) is 5. The molecule has 3 atom stereocenters. The molecule has 0 saturated carbocycles. The van der Waals surface area contributed by atoms with Crippen LogP contribution in [-0.4, -0.2) is 50.9 Å². The van der Waals surface area contributed by atoms with Crippen LogP contribution in [0.4, 0.5) is 4.39 Å². The van der Waals surface area contributed by atoms with Crippen LogP contribution in [0.5, 0.6) is 0 Å². The predicted octanol–water partition coefficient (Wildman–Crippen LogP) is 1.79. The first-order valence-electron chi connectivity index (χ1n) is 6.50. The van der Waals surface area contributed by atoms with Gasteiger partial charge in [-0.15, -0.1) is 11.8 Å². The molecule has 2 rings (SSSR count). The summed E-state index contributed by atoms with van der Waals surface area (Å²) in [5.74, 6) is -3.16. The number of thioether (sulfide) groups is 1. The van der Waals surface area contributed by atoms with Crippen LogP contribution in [0.25, 0.3) is 0 Å². The van der Waals surface area contributed by atoms with Gasteiger partial charge in [-0.1, -0.05) is 34.1 Å². The van der Waals surface area contributed by atoms with Gasteiger partial charge in [-0.05, 0) is 6.07 Å². The Kier molecular flexibility index (Phi) is 5.64. The molecule has 1 aliphatic heterocycles. The van der Waals surface area contributed by atoms with E-state index in [0.29, 0.717) is 0 Å². The molecule has 0 aromatic heterocycles. The van der Waals surface area contributed by atoms with Gasteiger partial charge in [-0.2, -0.15) is 0 Å². The number of carboxylic acid groups (broad SMARTS) is 1. The summed E-state index contributed by atoms with van der Waals surface area (Å²) in [6.45, 7) is 0. The molecule has 0 aliphatic carbocycles. The Bertz CT molecular complexity index is 643. The maximum atomic E-state index is 14.2. The standard InChI is InChI=1S/C14H13BrFNO5S/c1-22-14(21)11-10(7-4-2-3-5-8(7)16)17(9(18)6-15)12(23-11)13(19)20/h2-5,10-12H,6H2,1H3,(H,19,20)/t10-,11+,12-/m0/s1. The van der Waals surface area contributed by atoms with Crippen LogP contribution in [0.3, 0.4) is 0 Å². The van der Waals surface area contributed by atoms with Gasteiger partial charge >= 0.3 is 11.9 Å². The van der Waals surface area contributed by atoms with Crippen molar-refractivity contribution in [2.75, 3.05) is 12.4 Å². The number of aliphatic carboxylic acids is 1. The number of alkyl halides is 1. The van der Waals surface area contributed by atoms with Crippen LogP contribution in [0.15, 0.2) is 24.3 Å². The second-order valence-electron chi connectivity index (χ2n) is 4.67. The predicted molar refractivity (Wildman–Crippen MR) is 84.6 cm³/mol. The molecule has 0 radical (unpaired) electrons. The minimum Gasteiger partial charge on any atom is -0.479 e. The molecule has 6 nitrogen and oxygen atoms in total. The Morgan fingerprint density at radius 2 is 2.04 bits per heavy atom. The number of rotatable bonds is 4. The van der Waals surface area contributed by atoms with E-state index in [1.54, 1.807) is 6.07 Å². The van der Waals surface area contributed by atoms with E-state index in [4.69, 9.17) is 4.74 Å². The van der Waals surface area contributed by atoms with Gasteiger partial charge in [-0.25, -0.2) is 9.18 Å². The van der Waals surface area contributed by atoms with Crippen LogP contribution in [-0.2, 0) is 19.1 Å². The number of amides is 1. The van der Waals surface area contributed by atoms with Gasteiger partial charge in [0.1, 0.15) is 11.1 Å². The van der Waals surface area contributed by atoms with E-state index in [1.807, 2.05) is 0 Å². The van der Waals surface area contributed by atoms with Crippen molar-refractivity contribution in [1.29, 1.82) is 0 Å². The smallest absolute Gasteiger partial charge is 0.337 e. The fourth-order valence-electron chi connectivity index (χ4n) is 2.43. The van der Waals surface area contributed by atoms with Gasteiger partial charge in [0.15, 0.2) is 5.37 Å². The first-order valence-corrected chi connectivity index (χ1v) is 8.56. The van der Waals surface area contributed by atoms with Crippen molar-refractivity contribution in [3.05, 3.63) is 35.6 Å². The molecular weight excluding hydrogens is 393 g/mol. The second-order valence-corrected chi connectivity index (χ2v) is 6.46. The molecule has 1 fully saturated rings. The van der Waals surface area contributed by atoms with E-state index in [2.05, 4.69) is 15.9 Å². The van der Waals surface area contributed by atoms with Gasteiger partial charge in [0.05, 0.1) is 18.5 Å². The second kappa shape index (κ2) is 7.31. The van der Waals surface area contributed by atoms with Gasteiger partial charge in [-0.3, -0.25) is 9.59 Å². The third-order valence-corrected chi connectivity index (χ3v) is 5.30. The highest BCUT2D eigenvalue weighted by Gasteiger charge is 2.52. The van der Waals surface area contributed by atoms with Crippen molar-refractivity contribution in [1.82, 2.24) is 4.90 Å². The zero-order valence-electron chi connectivity index (χ0n) is 11.9. The first kappa shape index (κ1) is 17.7. The van der Waals surface area contributed by atoms with E-state index in [0.717, 1.165) is 23.8 Å². The number of nitrogens with zero attached hydrogens (tertiary/aromatic N) is 1. The van der Waals surface area contributed by atoms with Crippen LogP contribution in [0.1, 0.15) is 11.6 Å². The summed E-state index contributed by atoms with van der Waals surface area (Å²) in [7, 11) is 1.16. The Balaban J connectivity index is 2.57. The van der Waals surface area contributed by atoms with E-state index in [1.165, 1.54) is 18.2 Å². The molecule has 1 aromatic carbocycles. The molecule has 1 N–H and O–H groups in total. The van der Waals surface area contributed by atoms with Crippen LogP contribution in [0.2, 0.25) is 0 Å². The highest BCUT2D eigenvalue weighted by atomic mass is 79.9. The molecule has 0 bridgehead atoms. The normalized spacial score (nSPS) is 23.6. The SMILES string of the molecule is COC(=O)[C@@H]1S[C@@H](C(=O)O)N(C(=O)CBr)[C@H]1c1ccccc1F. The lowest BCUT2D eigenvalue weighted by Crippen LogP contribution is -2.43. The number of carboxylic acids is 1. The molecule has 1 aromatic rings. The van der Waals surface area contributed by atoms with E-state index < -0.39 is 40.3 Å². The van der Waals surface area contributed by atoms with Crippen LogP contribution < -0.4 is 0 Å². The Morgan fingerprint density at radius 1 is 1.39 bits per heavy atom. The third kappa shape index (κ3) is 3.35. The number of methoxy groups -OCH3 is 1. The number of benzene rings is 1. The molecule has 9 heteroatoms. The highest BCUT2D eigenvalue weighted by molar-refractivity contribution is 9.09. The molecule has 1 aliphatic rings. The number of esters is 1. The summed E-state index contributed by atoms with van der Waals surface area (Å²) in [6, 6.07) is 4.59. The molecule has 23 heavy (non-hydrogen) atoms. The van der Waals surface area contributed by atoms with Gasteiger partial charge < -0.3 is 14.7 Å². The summed E-state index contributed by atoms with van der Waals surface area (Å²) >= 11 is 3.75. The molecule has 0 spiro atoms. The Labute approximate surface area is 144 Å². The molecule has 1 amide bonds. The largest absolute Gasteiger partial charge is 0.479 e. The number of ether oxygens (including phenoxy) is 1. The lowest BCUT2D eigenvalue weighted by Gasteiger charge is -2.28. The molecule has 124 valence electrons. The average Bonchev–Trinajstić information content (AvgIpc) is 2.94. The zero-order chi connectivity index (χ0) is 17.1. The number of carbonyl (C=O) groups is 3. The number of halogens is 2. The minimum absolute atomic E-state index is 0.0773. The summed E-state index contributed by atoms with van der Waals surface area (Å²) in [5.41, 5.74) is 0.0773. The van der Waals surface area contributed by atoms with Crippen LogP contribution >= 0.6 is 27.7 Å². The Hall–Kier alpha value is -1.61. The van der Waals surface area contributed by atoms with E-state index in [-0.39, 0.29) is 10.9 Å². The average molecular weight is 406 g/mol. The topological polar surface area (TPSA) is 83.9 Å². The maximum Gasteiger partial charge on any atom is 0.337 e. The Morgan fingerprint density at radius 3 is 2.57 bits per heavy atom. The van der Waals surface area contributed by atoms with Crippen LogP contribution in [0, 0.1) is 5.82 Å². The number of hydrogen-bond donors (Lipinski definition) is 1. The summed E-state index contributed by atoms with van der Waals surface area (Å²) in [6.07, 6.45) is 0. The lowest BCUT2D eigenvalue weighted by atomic mass is 10.0. The fourth-order valence-corrected chi connectivity index (χ4v) is 4.13. The molecule has 0 unspecified atom stereocenters. The summed E-state index contributed by atoms with van der Waals surface area (Å²) < 4.78 is 18.9. The van der Waals surface area contributed by atoms with Gasteiger partial charge in [0.25, 0.3) is 0 Å².